The lowest BCUT2D eigenvalue weighted by Gasteiger charge is -1.96. The number of nitrogens with one attached hydrogen (secondary N) is 1. The average molecular weight is 180 g/mol. The van der Waals surface area contributed by atoms with E-state index in [0.717, 1.165) is 6.21 Å². The summed E-state index contributed by atoms with van der Waals surface area (Å²) in [6, 6.07) is 0. The summed E-state index contributed by atoms with van der Waals surface area (Å²) in [6.07, 6.45) is 1.02. The highest BCUT2D eigenvalue weighted by atomic mass is 79.9. The normalized spacial score (nSPS) is 12.2. The van der Waals surface area contributed by atoms with Gasteiger partial charge in [0.25, 0.3) is 0 Å². The molecule has 0 saturated carbocycles. The molecule has 0 spiro atoms. The van der Waals surface area contributed by atoms with E-state index in [0.29, 0.717) is 0 Å². The smallest absolute Gasteiger partial charge is 0.325 e. The molecule has 1 atom stereocenters. The van der Waals surface area contributed by atoms with Gasteiger partial charge in [-0.1, -0.05) is 0 Å². The third-order valence-corrected chi connectivity index (χ3v) is 1.02. The first-order valence-corrected chi connectivity index (χ1v) is 2.70. The Labute approximate surface area is 56.0 Å². The summed E-state index contributed by atoms with van der Waals surface area (Å²) in [5.74, 6) is -0.894. The van der Waals surface area contributed by atoms with Crippen molar-refractivity contribution in [3.8, 4) is 0 Å². The number of halogens is 1. The molecule has 0 aromatic rings. The first kappa shape index (κ1) is 7.62. The zero-order valence-electron chi connectivity index (χ0n) is 4.35. The van der Waals surface area contributed by atoms with Crippen LogP contribution in [-0.4, -0.2) is 12.2 Å². The van der Waals surface area contributed by atoms with E-state index in [-0.39, 0.29) is 0 Å². The molecule has 8 heavy (non-hydrogen) atoms. The fourth-order valence-electron chi connectivity index (χ4n) is 0.138. The Bertz CT molecular complexity index is 104. The van der Waals surface area contributed by atoms with Gasteiger partial charge in [0, 0.05) is 6.21 Å². The number of hydrogen-bond acceptors (Lipinski definition) is 3. The maximum absolute atomic E-state index is 10.3. The van der Waals surface area contributed by atoms with Crippen molar-refractivity contribution in [2.24, 2.45) is 5.92 Å². The Morgan fingerprint density at radius 3 is 2.62 bits per heavy atom. The maximum atomic E-state index is 10.3. The molecule has 1 N–H and O–H groups in total. The fraction of sp³-hybridized carbons (Fsp3) is 0.500. The van der Waals surface area contributed by atoms with Crippen LogP contribution in [0.25, 0.3) is 0 Å². The maximum Gasteiger partial charge on any atom is 0.325 e. The van der Waals surface area contributed by atoms with Gasteiger partial charge >= 0.3 is 5.97 Å². The molecule has 0 rings (SSSR count). The molecule has 4 heteroatoms. The Kier molecular flexibility index (Phi) is 3.43. The lowest BCUT2D eigenvalue weighted by atomic mass is 10.2. The first-order valence-electron chi connectivity index (χ1n) is 2.05. The first-order chi connectivity index (χ1) is 3.72. The molecule has 0 fully saturated rings. The Hall–Kier alpha value is -0.380. The van der Waals surface area contributed by atoms with Crippen LogP contribution < -0.4 is 0 Å². The highest BCUT2D eigenvalue weighted by Crippen LogP contribution is 1.96. The predicted molar refractivity (Wildman–Crippen MR) is 33.0 cm³/mol. The van der Waals surface area contributed by atoms with Gasteiger partial charge in [-0.2, -0.15) is 0 Å². The SMILES string of the molecule is CC(C=N)C(=O)OBr. The van der Waals surface area contributed by atoms with Gasteiger partial charge in [-0.05, 0) is 6.92 Å². The standard InChI is InChI=1S/C4H6BrNO2/c1-3(2-6)4(7)8-5/h2-3,6H,1H3. The van der Waals surface area contributed by atoms with Crippen molar-refractivity contribution in [2.75, 3.05) is 0 Å². The Morgan fingerprint density at radius 2 is 2.50 bits per heavy atom. The monoisotopic (exact) mass is 179 g/mol. The Morgan fingerprint density at radius 1 is 2.00 bits per heavy atom. The van der Waals surface area contributed by atoms with Crippen LogP contribution >= 0.6 is 16.3 Å². The van der Waals surface area contributed by atoms with Gasteiger partial charge in [-0.15, -0.1) is 0 Å². The van der Waals surface area contributed by atoms with E-state index < -0.39 is 11.9 Å². The van der Waals surface area contributed by atoms with Crippen molar-refractivity contribution in [2.45, 2.75) is 6.92 Å². The minimum Gasteiger partial charge on any atom is -0.383 e. The summed E-state index contributed by atoms with van der Waals surface area (Å²) in [5, 5.41) is 6.60. The van der Waals surface area contributed by atoms with Crippen molar-refractivity contribution in [1.29, 1.82) is 5.41 Å². The molecule has 0 aliphatic rings. The van der Waals surface area contributed by atoms with E-state index in [1.54, 1.807) is 6.92 Å². The summed E-state index contributed by atoms with van der Waals surface area (Å²) in [4.78, 5) is 10.3. The average Bonchev–Trinajstić information content (AvgIpc) is 1.84. The molecule has 1 unspecified atom stereocenters. The molecule has 0 heterocycles. The van der Waals surface area contributed by atoms with E-state index in [2.05, 4.69) is 20.1 Å². The number of carbonyl (C=O) groups is 1. The molecule has 0 aromatic heterocycles. The summed E-state index contributed by atoms with van der Waals surface area (Å²) >= 11 is 2.50. The topological polar surface area (TPSA) is 50.2 Å². The van der Waals surface area contributed by atoms with Crippen molar-refractivity contribution < 1.29 is 8.62 Å². The molecule has 0 radical (unpaired) electrons. The van der Waals surface area contributed by atoms with E-state index in [1.165, 1.54) is 0 Å². The number of carbonyl (C=O) groups excluding carboxylic acids is 1. The largest absolute Gasteiger partial charge is 0.383 e. The molecular formula is C4H6BrNO2. The quantitative estimate of drug-likeness (QED) is 0.647. The second-order valence-electron chi connectivity index (χ2n) is 1.35. The summed E-state index contributed by atoms with van der Waals surface area (Å²) in [7, 11) is 0. The van der Waals surface area contributed by atoms with Gasteiger partial charge in [0.05, 0.1) is 5.92 Å². The zero-order valence-corrected chi connectivity index (χ0v) is 5.94. The summed E-state index contributed by atoms with van der Waals surface area (Å²) in [6.45, 7) is 1.58. The van der Waals surface area contributed by atoms with Gasteiger partial charge in [0.1, 0.15) is 0 Å². The Balaban J connectivity index is 3.62. The van der Waals surface area contributed by atoms with Crippen LogP contribution in [0.4, 0.5) is 0 Å². The number of hydrogen-bond donors (Lipinski definition) is 1. The molecule has 0 amide bonds. The minimum absolute atomic E-state index is 0.444. The van der Waals surface area contributed by atoms with Crippen LogP contribution in [0.5, 0.6) is 0 Å². The molecule has 0 aliphatic carbocycles. The van der Waals surface area contributed by atoms with Crippen LogP contribution in [0.2, 0.25) is 0 Å². The van der Waals surface area contributed by atoms with Gasteiger partial charge in [-0.3, -0.25) is 4.79 Å². The lowest BCUT2D eigenvalue weighted by molar-refractivity contribution is -0.133. The molecular weight excluding hydrogens is 174 g/mol. The molecule has 3 nitrogen and oxygen atoms in total. The zero-order chi connectivity index (χ0) is 6.57. The number of rotatable bonds is 2. The van der Waals surface area contributed by atoms with Crippen molar-refractivity contribution in [1.82, 2.24) is 0 Å². The molecule has 0 aromatic carbocycles. The summed E-state index contributed by atoms with van der Waals surface area (Å²) in [5.41, 5.74) is 0. The fourth-order valence-corrected chi connectivity index (χ4v) is 0.433. The van der Waals surface area contributed by atoms with Gasteiger partial charge < -0.3 is 9.24 Å². The van der Waals surface area contributed by atoms with Gasteiger partial charge in [0.15, 0.2) is 16.3 Å². The van der Waals surface area contributed by atoms with Crippen molar-refractivity contribution in [3.63, 3.8) is 0 Å². The van der Waals surface area contributed by atoms with Crippen LogP contribution in [0.1, 0.15) is 6.92 Å². The van der Waals surface area contributed by atoms with Crippen LogP contribution in [0.3, 0.4) is 0 Å². The van der Waals surface area contributed by atoms with E-state index >= 15 is 0 Å². The van der Waals surface area contributed by atoms with Crippen LogP contribution in [0.15, 0.2) is 0 Å². The van der Waals surface area contributed by atoms with E-state index in [4.69, 9.17) is 5.41 Å². The molecule has 0 bridgehead atoms. The predicted octanol–water partition coefficient (Wildman–Crippen LogP) is 1.13. The third-order valence-electron chi connectivity index (χ3n) is 0.698. The van der Waals surface area contributed by atoms with Crippen LogP contribution in [0, 0.1) is 11.3 Å². The van der Waals surface area contributed by atoms with Crippen LogP contribution in [-0.2, 0) is 8.62 Å². The van der Waals surface area contributed by atoms with E-state index in [9.17, 15) is 4.79 Å². The minimum atomic E-state index is -0.450. The third kappa shape index (κ3) is 2.07. The highest BCUT2D eigenvalue weighted by molar-refractivity contribution is 9.06. The van der Waals surface area contributed by atoms with Gasteiger partial charge in [0.2, 0.25) is 0 Å². The van der Waals surface area contributed by atoms with Crippen molar-refractivity contribution >= 4 is 28.4 Å². The molecule has 0 aliphatic heterocycles. The summed E-state index contributed by atoms with van der Waals surface area (Å²) < 4.78 is 4.13. The van der Waals surface area contributed by atoms with E-state index in [1.807, 2.05) is 0 Å². The highest BCUT2D eigenvalue weighted by Gasteiger charge is 2.08. The molecule has 46 valence electrons. The second-order valence-corrected chi connectivity index (χ2v) is 1.68. The molecule has 0 saturated heterocycles. The van der Waals surface area contributed by atoms with Gasteiger partial charge in [-0.25, -0.2) is 0 Å². The van der Waals surface area contributed by atoms with Crippen molar-refractivity contribution in [3.05, 3.63) is 0 Å². The lowest BCUT2D eigenvalue weighted by Crippen LogP contribution is -2.10. The second kappa shape index (κ2) is 3.60.